The molecule has 0 unspecified atom stereocenters. The number of pyridine rings is 1. The molecule has 8 nitrogen and oxygen atoms in total. The number of hydrogen-bond acceptors (Lipinski definition) is 8. The van der Waals surface area contributed by atoms with E-state index in [-0.39, 0.29) is 46.5 Å². The fraction of sp³-hybridized carbons (Fsp3) is 0.440. The zero-order valence-corrected chi connectivity index (χ0v) is 21.0. The summed E-state index contributed by atoms with van der Waals surface area (Å²) in [5.74, 6) is 0.440. The molecule has 1 fully saturated rings. The van der Waals surface area contributed by atoms with Crippen molar-refractivity contribution in [2.75, 3.05) is 18.1 Å². The second-order valence-electron chi connectivity index (χ2n) is 10.0. The van der Waals surface area contributed by atoms with Gasteiger partial charge in [0.1, 0.15) is 17.1 Å². The molecule has 1 saturated carbocycles. The molecule has 3 aliphatic rings. The normalized spacial score (nSPS) is 18.5. The standard InChI is InChI=1S/C25H26F2N4O4S/c1-25(2)12-28-24(35-25)14-6-7-16(21(8-14)36(3,33)34)30-17-9-15(10-20(32)13-4-5-13)29-18-11-19(23(26)27)31-22(17)18/h6-9,13,23H,4-5,10-12H2,1-3H3,(H,29,30). The maximum absolute atomic E-state index is 13.4. The molecular formula is C25H26F2N4O4S. The van der Waals surface area contributed by atoms with Crippen LogP contribution in [-0.2, 0) is 32.2 Å². The highest BCUT2D eigenvalue weighted by Gasteiger charge is 2.32. The number of nitrogens with one attached hydrogen (secondary N) is 1. The number of benzene rings is 1. The average Bonchev–Trinajstić information content (AvgIpc) is 3.45. The molecule has 0 spiro atoms. The van der Waals surface area contributed by atoms with E-state index in [2.05, 4.69) is 20.3 Å². The van der Waals surface area contributed by atoms with Crippen molar-refractivity contribution in [2.45, 2.75) is 56.5 Å². The minimum atomic E-state index is -3.70. The van der Waals surface area contributed by atoms with Gasteiger partial charge in [0.25, 0.3) is 6.43 Å². The molecule has 3 heterocycles. The van der Waals surface area contributed by atoms with Gasteiger partial charge in [0, 0.05) is 30.6 Å². The Hall–Kier alpha value is -3.21. The van der Waals surface area contributed by atoms with Crippen LogP contribution < -0.4 is 5.32 Å². The third-order valence-corrected chi connectivity index (χ3v) is 7.37. The van der Waals surface area contributed by atoms with E-state index >= 15 is 0 Å². The lowest BCUT2D eigenvalue weighted by molar-refractivity contribution is -0.119. The molecule has 36 heavy (non-hydrogen) atoms. The van der Waals surface area contributed by atoms with E-state index in [1.54, 1.807) is 18.2 Å². The molecule has 1 N–H and O–H groups in total. The molecule has 2 aromatic rings. The van der Waals surface area contributed by atoms with Crippen LogP contribution in [0.15, 0.2) is 39.1 Å². The van der Waals surface area contributed by atoms with E-state index < -0.39 is 21.9 Å². The summed E-state index contributed by atoms with van der Waals surface area (Å²) in [4.78, 5) is 25.3. The molecule has 0 radical (unpaired) electrons. The van der Waals surface area contributed by atoms with Gasteiger partial charge in [-0.15, -0.1) is 0 Å². The summed E-state index contributed by atoms with van der Waals surface area (Å²) >= 11 is 0. The van der Waals surface area contributed by atoms with E-state index in [9.17, 15) is 22.0 Å². The Balaban J connectivity index is 1.54. The van der Waals surface area contributed by atoms with Crippen molar-refractivity contribution in [3.63, 3.8) is 0 Å². The number of aliphatic imine (C=N–C) groups is 2. The Morgan fingerprint density at radius 1 is 1.22 bits per heavy atom. The van der Waals surface area contributed by atoms with E-state index in [4.69, 9.17) is 4.74 Å². The number of alkyl halides is 2. The molecule has 1 aromatic carbocycles. The summed E-state index contributed by atoms with van der Waals surface area (Å²) in [7, 11) is -3.70. The maximum Gasteiger partial charge on any atom is 0.277 e. The fourth-order valence-electron chi connectivity index (χ4n) is 4.24. The fourth-order valence-corrected chi connectivity index (χ4v) is 5.10. The van der Waals surface area contributed by atoms with Crippen LogP contribution in [0.25, 0.3) is 0 Å². The summed E-state index contributed by atoms with van der Waals surface area (Å²) in [6.45, 7) is 4.23. The van der Waals surface area contributed by atoms with Gasteiger partial charge in [-0.05, 0) is 51.0 Å². The Morgan fingerprint density at radius 3 is 2.58 bits per heavy atom. The van der Waals surface area contributed by atoms with Crippen LogP contribution in [0.2, 0.25) is 0 Å². The van der Waals surface area contributed by atoms with Crippen LogP contribution in [0.1, 0.15) is 43.6 Å². The Labute approximate surface area is 207 Å². The number of rotatable bonds is 8. The Kier molecular flexibility index (Phi) is 5.93. The molecule has 1 aromatic heterocycles. The number of nitrogens with zero attached hydrogens (tertiary/aromatic N) is 3. The van der Waals surface area contributed by atoms with Crippen molar-refractivity contribution in [3.8, 4) is 0 Å². The number of anilines is 2. The van der Waals surface area contributed by atoms with Crippen LogP contribution in [0.4, 0.5) is 25.8 Å². The first-order chi connectivity index (χ1) is 16.9. The van der Waals surface area contributed by atoms with Crippen LogP contribution in [0.3, 0.4) is 0 Å². The van der Waals surface area contributed by atoms with Gasteiger partial charge in [-0.25, -0.2) is 27.2 Å². The van der Waals surface area contributed by atoms with Gasteiger partial charge in [0.2, 0.25) is 5.90 Å². The second kappa shape index (κ2) is 8.72. The maximum atomic E-state index is 13.4. The topological polar surface area (TPSA) is 110 Å². The number of hydrogen-bond donors (Lipinski definition) is 1. The number of Topliss-reactive ketones (excluding diaryl/α,β-unsaturated/α-hetero) is 1. The first-order valence-corrected chi connectivity index (χ1v) is 13.5. The average molecular weight is 517 g/mol. The Bertz CT molecular complexity index is 1430. The summed E-state index contributed by atoms with van der Waals surface area (Å²) in [5.41, 5.74) is 1.28. The van der Waals surface area contributed by atoms with Gasteiger partial charge >= 0.3 is 0 Å². The first kappa shape index (κ1) is 24.5. The SMILES string of the molecule is CC1(C)CN=C(c2ccc(Nc3cc(CC(=O)C4CC4)nc4c3N=C(C(F)F)C4)c(S(C)(=O)=O)c2)O1. The number of carbonyl (C=O) groups excluding carboxylic acids is 1. The molecular weight excluding hydrogens is 490 g/mol. The number of ketones is 1. The summed E-state index contributed by atoms with van der Waals surface area (Å²) in [5, 5.41) is 3.07. The van der Waals surface area contributed by atoms with E-state index in [0.717, 1.165) is 19.1 Å². The van der Waals surface area contributed by atoms with Crippen LogP contribution in [0, 0.1) is 5.92 Å². The number of sulfone groups is 1. The lowest BCUT2D eigenvalue weighted by Crippen LogP contribution is -2.24. The van der Waals surface area contributed by atoms with E-state index in [1.807, 2.05) is 13.8 Å². The van der Waals surface area contributed by atoms with Gasteiger partial charge in [-0.3, -0.25) is 9.78 Å². The predicted octanol–water partition coefficient (Wildman–Crippen LogP) is 4.20. The van der Waals surface area contributed by atoms with Gasteiger partial charge in [0.05, 0.1) is 39.9 Å². The predicted molar refractivity (Wildman–Crippen MR) is 132 cm³/mol. The highest BCUT2D eigenvalue weighted by Crippen LogP contribution is 2.39. The zero-order chi connectivity index (χ0) is 25.8. The quantitative estimate of drug-likeness (QED) is 0.563. The van der Waals surface area contributed by atoms with Crippen molar-refractivity contribution < 1.29 is 26.7 Å². The number of ether oxygens (including phenoxy) is 1. The smallest absolute Gasteiger partial charge is 0.277 e. The molecule has 190 valence electrons. The minimum absolute atomic E-state index is 0.00626. The van der Waals surface area contributed by atoms with Gasteiger partial charge in [0.15, 0.2) is 9.84 Å². The van der Waals surface area contributed by atoms with Crippen LogP contribution in [0.5, 0.6) is 0 Å². The number of fused-ring (bicyclic) bond motifs is 1. The summed E-state index contributed by atoms with van der Waals surface area (Å²) < 4.78 is 58.1. The van der Waals surface area contributed by atoms with Crippen molar-refractivity contribution in [2.24, 2.45) is 15.9 Å². The van der Waals surface area contributed by atoms with Gasteiger partial charge < -0.3 is 10.1 Å². The molecule has 5 rings (SSSR count). The highest BCUT2D eigenvalue weighted by molar-refractivity contribution is 7.90. The third kappa shape index (κ3) is 5.02. The van der Waals surface area contributed by atoms with Crippen molar-refractivity contribution in [3.05, 3.63) is 41.2 Å². The van der Waals surface area contributed by atoms with E-state index in [0.29, 0.717) is 35.1 Å². The lowest BCUT2D eigenvalue weighted by atomic mass is 10.1. The number of carbonyl (C=O) groups is 1. The summed E-state index contributed by atoms with van der Waals surface area (Å²) in [6.07, 6.45) is 0.000782. The lowest BCUT2D eigenvalue weighted by Gasteiger charge is -2.18. The second-order valence-corrected chi connectivity index (χ2v) is 12.0. The zero-order valence-electron chi connectivity index (χ0n) is 20.1. The highest BCUT2D eigenvalue weighted by atomic mass is 32.2. The van der Waals surface area contributed by atoms with Gasteiger partial charge in [-0.2, -0.15) is 0 Å². The minimum Gasteiger partial charge on any atom is -0.469 e. The van der Waals surface area contributed by atoms with Crippen molar-refractivity contribution in [1.29, 1.82) is 0 Å². The van der Waals surface area contributed by atoms with Crippen LogP contribution in [-0.4, -0.2) is 55.6 Å². The third-order valence-electron chi connectivity index (χ3n) is 6.24. The molecule has 11 heteroatoms. The van der Waals surface area contributed by atoms with Gasteiger partial charge in [-0.1, -0.05) is 0 Å². The number of aromatic nitrogens is 1. The first-order valence-electron chi connectivity index (χ1n) is 11.7. The Morgan fingerprint density at radius 2 is 1.97 bits per heavy atom. The van der Waals surface area contributed by atoms with Crippen molar-refractivity contribution >= 4 is 44.3 Å². The molecule has 0 bridgehead atoms. The van der Waals surface area contributed by atoms with Crippen LogP contribution >= 0.6 is 0 Å². The van der Waals surface area contributed by atoms with Crippen molar-refractivity contribution in [1.82, 2.24) is 4.98 Å². The molecule has 2 aliphatic heterocycles. The molecule has 0 saturated heterocycles. The monoisotopic (exact) mass is 516 g/mol. The molecule has 1 aliphatic carbocycles. The van der Waals surface area contributed by atoms with E-state index in [1.165, 1.54) is 6.07 Å². The number of halogens is 2. The largest absolute Gasteiger partial charge is 0.469 e. The molecule has 0 amide bonds. The molecule has 0 atom stereocenters. The summed E-state index contributed by atoms with van der Waals surface area (Å²) in [6, 6.07) is 6.33.